The molecule has 2 heterocycles. The molecule has 0 radical (unpaired) electrons. The molecule has 2 fully saturated rings. The Labute approximate surface area is 221 Å². The van der Waals surface area contributed by atoms with Crippen molar-refractivity contribution in [3.05, 3.63) is 0 Å². The normalized spacial score (nSPS) is 29.0. The Morgan fingerprint density at radius 1 is 0.946 bits per heavy atom. The number of carbonyl (C=O) groups is 1. The average Bonchev–Trinajstić information content (AvgIpc) is 2.87. The van der Waals surface area contributed by atoms with Gasteiger partial charge in [-0.05, 0) is 38.3 Å². The predicted molar refractivity (Wildman–Crippen MR) is 138 cm³/mol. The first-order valence-corrected chi connectivity index (χ1v) is 14.3. The molecule has 10 heteroatoms. The average molecular weight is 534 g/mol. The van der Waals surface area contributed by atoms with Crippen LogP contribution in [0.3, 0.4) is 0 Å². The van der Waals surface area contributed by atoms with Gasteiger partial charge in [-0.1, -0.05) is 51.9 Å². The smallest absolute Gasteiger partial charge is 0.186 e. The Morgan fingerprint density at radius 2 is 1.57 bits per heavy atom. The Balaban J connectivity index is 1.67. The topological polar surface area (TPSA) is 169 Å². The van der Waals surface area contributed by atoms with Crippen molar-refractivity contribution in [1.29, 1.82) is 0 Å². The highest BCUT2D eigenvalue weighted by Gasteiger charge is 2.44. The third-order valence-electron chi connectivity index (χ3n) is 7.79. The molecule has 0 aromatic carbocycles. The molecule has 0 amide bonds. The minimum atomic E-state index is -1.58. The number of Topliss-reactive ketones (excluding diaryl/α,β-unsaturated/α-hetero) is 1. The first-order valence-electron chi connectivity index (χ1n) is 14.3. The van der Waals surface area contributed by atoms with E-state index >= 15 is 0 Å². The molecule has 7 N–H and O–H groups in total. The van der Waals surface area contributed by atoms with Gasteiger partial charge in [0.2, 0.25) is 0 Å². The number of carbonyl (C=O) groups excluding carboxylic acids is 1. The number of aliphatic hydroxyl groups is 6. The highest BCUT2D eigenvalue weighted by atomic mass is 16.7. The van der Waals surface area contributed by atoms with Crippen LogP contribution in [0.2, 0.25) is 0 Å². The summed E-state index contributed by atoms with van der Waals surface area (Å²) in [6.45, 7) is 3.30. The summed E-state index contributed by atoms with van der Waals surface area (Å²) >= 11 is 0. The van der Waals surface area contributed by atoms with Gasteiger partial charge in [0.15, 0.2) is 6.29 Å². The number of ketones is 1. The lowest BCUT2D eigenvalue weighted by molar-refractivity contribution is -0.304. The SMILES string of the molecule is CC[C@@H](O)[C@@H](O)[C@H](COC1OC(CO)C(O)C(O)C1O)CC(=O)CCCCCCCCCCC1CNC1. The first-order chi connectivity index (χ1) is 17.8. The monoisotopic (exact) mass is 533 g/mol. The highest BCUT2D eigenvalue weighted by molar-refractivity contribution is 5.78. The summed E-state index contributed by atoms with van der Waals surface area (Å²) in [4.78, 5) is 12.6. The van der Waals surface area contributed by atoms with Crippen molar-refractivity contribution in [1.82, 2.24) is 5.32 Å². The molecule has 2 rings (SSSR count). The molecule has 0 aromatic rings. The van der Waals surface area contributed by atoms with E-state index in [1.54, 1.807) is 6.92 Å². The summed E-state index contributed by atoms with van der Waals surface area (Å²) in [5.74, 6) is 0.128. The minimum absolute atomic E-state index is 0.00611. The molecule has 8 atom stereocenters. The number of ether oxygens (including phenoxy) is 2. The number of unbranched alkanes of at least 4 members (excludes halogenated alkanes) is 7. The van der Waals surface area contributed by atoms with Crippen LogP contribution in [-0.4, -0.2) is 106 Å². The van der Waals surface area contributed by atoms with Gasteiger partial charge in [-0.3, -0.25) is 4.79 Å². The van der Waals surface area contributed by atoms with Crippen molar-refractivity contribution in [2.75, 3.05) is 26.3 Å². The number of hydrogen-bond donors (Lipinski definition) is 7. The zero-order chi connectivity index (χ0) is 27.2. The Kier molecular flexibility index (Phi) is 15.7. The molecule has 2 saturated heterocycles. The molecule has 0 saturated carbocycles. The van der Waals surface area contributed by atoms with E-state index in [2.05, 4.69) is 5.32 Å². The number of aliphatic hydroxyl groups excluding tert-OH is 6. The van der Waals surface area contributed by atoms with Crippen LogP contribution in [0.1, 0.15) is 84.0 Å². The zero-order valence-electron chi connectivity index (χ0n) is 22.4. The molecular formula is C27H51NO9. The van der Waals surface area contributed by atoms with Crippen LogP contribution >= 0.6 is 0 Å². The molecule has 10 nitrogen and oxygen atoms in total. The van der Waals surface area contributed by atoms with Crippen molar-refractivity contribution in [2.45, 2.75) is 127 Å². The summed E-state index contributed by atoms with van der Waals surface area (Å²) in [6.07, 6.45) is 1.83. The zero-order valence-corrected chi connectivity index (χ0v) is 22.4. The summed E-state index contributed by atoms with van der Waals surface area (Å²) in [6, 6.07) is 0. The number of nitrogens with one attached hydrogen (secondary N) is 1. The molecule has 0 aliphatic carbocycles. The quantitative estimate of drug-likeness (QED) is 0.110. The van der Waals surface area contributed by atoms with Crippen LogP contribution in [0.5, 0.6) is 0 Å². The van der Waals surface area contributed by atoms with E-state index in [9.17, 15) is 35.4 Å². The van der Waals surface area contributed by atoms with Gasteiger partial charge < -0.3 is 45.4 Å². The fraction of sp³-hybridized carbons (Fsp3) is 0.963. The molecule has 2 aliphatic rings. The summed E-state index contributed by atoms with van der Waals surface area (Å²) in [5.41, 5.74) is 0. The molecule has 5 unspecified atom stereocenters. The largest absolute Gasteiger partial charge is 0.394 e. The van der Waals surface area contributed by atoms with Gasteiger partial charge >= 0.3 is 0 Å². The summed E-state index contributed by atoms with van der Waals surface area (Å²) in [5, 5.41) is 63.4. The standard InChI is InChI=1S/C27H51NO9/c1-2-21(31)23(32)19(17-36-27-26(35)25(34)24(33)22(16-29)37-27)13-20(30)12-10-8-6-4-3-5-7-9-11-18-14-28-15-18/h18-19,21-29,31-35H,2-17H2,1H3/t19-,21+,22?,23-,24?,25?,26?,27?/m0/s1. The summed E-state index contributed by atoms with van der Waals surface area (Å²) in [7, 11) is 0. The highest BCUT2D eigenvalue weighted by Crippen LogP contribution is 2.25. The fourth-order valence-corrected chi connectivity index (χ4v) is 5.02. The van der Waals surface area contributed by atoms with Crippen LogP contribution in [0.25, 0.3) is 0 Å². The maximum Gasteiger partial charge on any atom is 0.186 e. The van der Waals surface area contributed by atoms with E-state index in [0.29, 0.717) is 12.8 Å². The molecule has 37 heavy (non-hydrogen) atoms. The fourth-order valence-electron chi connectivity index (χ4n) is 5.02. The Morgan fingerprint density at radius 3 is 2.14 bits per heavy atom. The second-order valence-electron chi connectivity index (χ2n) is 10.9. The third kappa shape index (κ3) is 11.1. The molecule has 218 valence electrons. The maximum atomic E-state index is 12.6. The lowest BCUT2D eigenvalue weighted by Gasteiger charge is -2.40. The predicted octanol–water partition coefficient (Wildman–Crippen LogP) is 0.631. The second-order valence-corrected chi connectivity index (χ2v) is 10.9. The number of rotatable bonds is 20. The molecule has 0 aromatic heterocycles. The van der Waals surface area contributed by atoms with E-state index in [4.69, 9.17) is 9.47 Å². The van der Waals surface area contributed by atoms with E-state index < -0.39 is 55.4 Å². The third-order valence-corrected chi connectivity index (χ3v) is 7.79. The summed E-state index contributed by atoms with van der Waals surface area (Å²) < 4.78 is 10.9. The minimum Gasteiger partial charge on any atom is -0.394 e. The van der Waals surface area contributed by atoms with Gasteiger partial charge in [0, 0.05) is 18.8 Å². The number of hydrogen-bond acceptors (Lipinski definition) is 10. The van der Waals surface area contributed by atoms with E-state index in [-0.39, 0.29) is 18.8 Å². The van der Waals surface area contributed by atoms with Gasteiger partial charge in [-0.2, -0.15) is 0 Å². The second kappa shape index (κ2) is 17.8. The van der Waals surface area contributed by atoms with E-state index in [1.165, 1.54) is 51.6 Å². The lowest BCUT2D eigenvalue weighted by Crippen LogP contribution is -2.59. The van der Waals surface area contributed by atoms with Gasteiger partial charge in [-0.15, -0.1) is 0 Å². The molecule has 0 bridgehead atoms. The first kappa shape index (κ1) is 32.5. The van der Waals surface area contributed by atoms with Crippen LogP contribution < -0.4 is 5.32 Å². The van der Waals surface area contributed by atoms with Crippen molar-refractivity contribution < 1.29 is 44.9 Å². The molecule has 2 aliphatic heterocycles. The Hall–Kier alpha value is -0.690. The van der Waals surface area contributed by atoms with Gasteiger partial charge in [0.25, 0.3) is 0 Å². The van der Waals surface area contributed by atoms with Crippen molar-refractivity contribution in [3.63, 3.8) is 0 Å². The van der Waals surface area contributed by atoms with E-state index in [1.807, 2.05) is 0 Å². The maximum absolute atomic E-state index is 12.6. The Bertz CT molecular complexity index is 619. The van der Waals surface area contributed by atoms with Crippen LogP contribution in [0.15, 0.2) is 0 Å². The van der Waals surface area contributed by atoms with Crippen LogP contribution in [-0.2, 0) is 14.3 Å². The van der Waals surface area contributed by atoms with Crippen molar-refractivity contribution in [2.24, 2.45) is 11.8 Å². The van der Waals surface area contributed by atoms with E-state index in [0.717, 1.165) is 25.2 Å². The van der Waals surface area contributed by atoms with Gasteiger partial charge in [-0.25, -0.2) is 0 Å². The van der Waals surface area contributed by atoms with Crippen LogP contribution in [0.4, 0.5) is 0 Å². The van der Waals surface area contributed by atoms with Crippen molar-refractivity contribution in [3.8, 4) is 0 Å². The molecular weight excluding hydrogens is 482 g/mol. The van der Waals surface area contributed by atoms with Crippen LogP contribution in [0, 0.1) is 11.8 Å². The van der Waals surface area contributed by atoms with Gasteiger partial charge in [0.1, 0.15) is 30.2 Å². The molecule has 0 spiro atoms. The van der Waals surface area contributed by atoms with Crippen molar-refractivity contribution >= 4 is 5.78 Å². The van der Waals surface area contributed by atoms with Gasteiger partial charge in [0.05, 0.1) is 25.4 Å². The lowest BCUT2D eigenvalue weighted by atomic mass is 9.90.